The highest BCUT2D eigenvalue weighted by molar-refractivity contribution is 5.94. The number of hydrogen-bond acceptors (Lipinski definition) is 2. The Morgan fingerprint density at radius 2 is 1.56 bits per heavy atom. The maximum atomic E-state index is 12.6. The van der Waals surface area contributed by atoms with Crippen LogP contribution in [0.3, 0.4) is 0 Å². The number of carbonyl (C=O) groups is 1. The summed E-state index contributed by atoms with van der Waals surface area (Å²) in [6.07, 6.45) is 16.6. The lowest BCUT2D eigenvalue weighted by molar-refractivity contribution is 0.0677. The second-order valence-electron chi connectivity index (χ2n) is 8.11. The molecule has 1 aromatic rings. The lowest BCUT2D eigenvalue weighted by Gasteiger charge is -2.23. The molecule has 152 valence electrons. The van der Waals surface area contributed by atoms with Crippen molar-refractivity contribution >= 4 is 5.91 Å². The number of carbonyl (C=O) groups excluding carboxylic acids is 1. The molecule has 1 heterocycles. The highest BCUT2D eigenvalue weighted by atomic mass is 16.3. The Kier molecular flexibility index (Phi) is 10.5. The molecule has 0 saturated carbocycles. The summed E-state index contributed by atoms with van der Waals surface area (Å²) in [6.45, 7) is 3.11. The van der Waals surface area contributed by atoms with E-state index in [1.54, 1.807) is 0 Å². The number of benzene rings is 1. The third-order valence-corrected chi connectivity index (χ3v) is 5.87. The molecule has 1 atom stereocenters. The van der Waals surface area contributed by atoms with Crippen molar-refractivity contribution in [3.8, 4) is 0 Å². The van der Waals surface area contributed by atoms with Gasteiger partial charge in [-0.1, -0.05) is 76.8 Å². The number of aliphatic hydroxyl groups is 1. The van der Waals surface area contributed by atoms with Crippen molar-refractivity contribution in [3.05, 3.63) is 35.4 Å². The summed E-state index contributed by atoms with van der Waals surface area (Å²) in [7, 11) is 0. The minimum atomic E-state index is 0.00354. The van der Waals surface area contributed by atoms with Gasteiger partial charge in [-0.05, 0) is 43.4 Å². The van der Waals surface area contributed by atoms with Gasteiger partial charge in [0, 0.05) is 12.1 Å². The monoisotopic (exact) mass is 373 g/mol. The van der Waals surface area contributed by atoms with E-state index in [0.29, 0.717) is 0 Å². The highest BCUT2D eigenvalue weighted by Crippen LogP contribution is 2.20. The minimum Gasteiger partial charge on any atom is -0.394 e. The van der Waals surface area contributed by atoms with E-state index in [2.05, 4.69) is 19.1 Å². The Labute approximate surface area is 166 Å². The van der Waals surface area contributed by atoms with Crippen LogP contribution in [0.15, 0.2) is 24.3 Å². The predicted molar refractivity (Wildman–Crippen MR) is 113 cm³/mol. The first-order valence-corrected chi connectivity index (χ1v) is 11.3. The number of likely N-dealkylation sites (tertiary alicyclic amines) is 1. The number of amides is 1. The van der Waals surface area contributed by atoms with Gasteiger partial charge in [0.2, 0.25) is 0 Å². The molecule has 0 radical (unpaired) electrons. The van der Waals surface area contributed by atoms with E-state index in [9.17, 15) is 9.90 Å². The van der Waals surface area contributed by atoms with Crippen LogP contribution >= 0.6 is 0 Å². The molecule has 1 aliphatic rings. The van der Waals surface area contributed by atoms with Crippen molar-refractivity contribution < 1.29 is 9.90 Å². The van der Waals surface area contributed by atoms with Crippen LogP contribution in [0.1, 0.15) is 99.9 Å². The van der Waals surface area contributed by atoms with Gasteiger partial charge in [0.05, 0.1) is 12.6 Å². The number of hydrogen-bond donors (Lipinski definition) is 1. The molecule has 2 rings (SSSR count). The fourth-order valence-electron chi connectivity index (χ4n) is 4.09. The maximum absolute atomic E-state index is 12.6. The van der Waals surface area contributed by atoms with Gasteiger partial charge in [0.25, 0.3) is 5.91 Å². The molecule has 3 heteroatoms. The summed E-state index contributed by atoms with van der Waals surface area (Å²) >= 11 is 0. The summed E-state index contributed by atoms with van der Waals surface area (Å²) in [6, 6.07) is 8.13. The molecule has 0 spiro atoms. The van der Waals surface area contributed by atoms with Crippen molar-refractivity contribution in [1.29, 1.82) is 0 Å². The Morgan fingerprint density at radius 1 is 0.963 bits per heavy atom. The SMILES string of the molecule is CCCCCCCCCCCCc1ccc(C(=O)N2CCC[C@@H]2CO)cc1. The first kappa shape index (κ1) is 21.9. The van der Waals surface area contributed by atoms with Crippen LogP contribution in [0.4, 0.5) is 0 Å². The van der Waals surface area contributed by atoms with Crippen LogP contribution in [0, 0.1) is 0 Å². The maximum Gasteiger partial charge on any atom is 0.254 e. The second-order valence-corrected chi connectivity index (χ2v) is 8.11. The van der Waals surface area contributed by atoms with Crippen LogP contribution in [-0.4, -0.2) is 35.1 Å². The largest absolute Gasteiger partial charge is 0.394 e. The van der Waals surface area contributed by atoms with Gasteiger partial charge in [-0.25, -0.2) is 0 Å². The highest BCUT2D eigenvalue weighted by Gasteiger charge is 2.28. The van der Waals surface area contributed by atoms with Gasteiger partial charge in [-0.3, -0.25) is 4.79 Å². The molecule has 0 aliphatic carbocycles. The van der Waals surface area contributed by atoms with E-state index in [0.717, 1.165) is 31.4 Å². The molecular weight excluding hydrogens is 334 g/mol. The zero-order valence-corrected chi connectivity index (χ0v) is 17.3. The van der Waals surface area contributed by atoms with Crippen molar-refractivity contribution in [2.24, 2.45) is 0 Å². The van der Waals surface area contributed by atoms with Crippen molar-refractivity contribution in [1.82, 2.24) is 4.90 Å². The number of rotatable bonds is 13. The number of aliphatic hydroxyl groups excluding tert-OH is 1. The summed E-state index contributed by atoms with van der Waals surface area (Å²) in [5.41, 5.74) is 2.08. The summed E-state index contributed by atoms with van der Waals surface area (Å²) in [4.78, 5) is 14.4. The molecule has 1 N–H and O–H groups in total. The molecule has 27 heavy (non-hydrogen) atoms. The van der Waals surface area contributed by atoms with Crippen LogP contribution in [0.5, 0.6) is 0 Å². The van der Waals surface area contributed by atoms with Crippen LogP contribution in [0.2, 0.25) is 0 Å². The normalized spacial score (nSPS) is 16.8. The molecule has 0 bridgehead atoms. The Bertz CT molecular complexity index is 526. The summed E-state index contributed by atoms with van der Waals surface area (Å²) in [5, 5.41) is 9.41. The molecule has 1 amide bonds. The average molecular weight is 374 g/mol. The predicted octanol–water partition coefficient (Wildman–Crippen LogP) is 5.75. The fourth-order valence-corrected chi connectivity index (χ4v) is 4.09. The van der Waals surface area contributed by atoms with Gasteiger partial charge in [-0.2, -0.15) is 0 Å². The van der Waals surface area contributed by atoms with Crippen LogP contribution < -0.4 is 0 Å². The zero-order chi connectivity index (χ0) is 19.3. The number of unbranched alkanes of at least 4 members (excludes halogenated alkanes) is 9. The molecular formula is C24H39NO2. The van der Waals surface area contributed by atoms with Gasteiger partial charge >= 0.3 is 0 Å². The zero-order valence-electron chi connectivity index (χ0n) is 17.3. The molecule has 1 saturated heterocycles. The summed E-state index contributed by atoms with van der Waals surface area (Å²) in [5.74, 6) is 0.0667. The Balaban J connectivity index is 1.60. The van der Waals surface area contributed by atoms with E-state index < -0.39 is 0 Å². The Morgan fingerprint density at radius 3 is 2.15 bits per heavy atom. The van der Waals surface area contributed by atoms with Crippen molar-refractivity contribution in [2.45, 2.75) is 96.4 Å². The Hall–Kier alpha value is -1.35. The van der Waals surface area contributed by atoms with Crippen molar-refractivity contribution in [2.75, 3.05) is 13.2 Å². The molecule has 0 aromatic heterocycles. The van der Waals surface area contributed by atoms with Crippen LogP contribution in [0.25, 0.3) is 0 Å². The van der Waals surface area contributed by atoms with E-state index in [1.165, 1.54) is 69.8 Å². The quantitative estimate of drug-likeness (QED) is 0.447. The lowest BCUT2D eigenvalue weighted by atomic mass is 10.0. The minimum absolute atomic E-state index is 0.00354. The van der Waals surface area contributed by atoms with Crippen molar-refractivity contribution in [3.63, 3.8) is 0 Å². The first-order chi connectivity index (χ1) is 13.3. The number of nitrogens with zero attached hydrogens (tertiary/aromatic N) is 1. The second kappa shape index (κ2) is 12.9. The van der Waals surface area contributed by atoms with Gasteiger partial charge in [0.1, 0.15) is 0 Å². The molecule has 1 aliphatic heterocycles. The first-order valence-electron chi connectivity index (χ1n) is 11.3. The summed E-state index contributed by atoms with van der Waals surface area (Å²) < 4.78 is 0. The van der Waals surface area contributed by atoms with Gasteiger partial charge in [0.15, 0.2) is 0 Å². The van der Waals surface area contributed by atoms with Gasteiger partial charge in [-0.15, -0.1) is 0 Å². The lowest BCUT2D eigenvalue weighted by Crippen LogP contribution is -2.37. The van der Waals surface area contributed by atoms with E-state index in [4.69, 9.17) is 0 Å². The fraction of sp³-hybridized carbons (Fsp3) is 0.708. The van der Waals surface area contributed by atoms with E-state index in [-0.39, 0.29) is 18.6 Å². The third-order valence-electron chi connectivity index (χ3n) is 5.87. The topological polar surface area (TPSA) is 40.5 Å². The smallest absolute Gasteiger partial charge is 0.254 e. The number of aryl methyl sites for hydroxylation is 1. The molecule has 0 unspecified atom stereocenters. The molecule has 1 aromatic carbocycles. The average Bonchev–Trinajstić information content (AvgIpc) is 3.18. The standard InChI is InChI=1S/C24H39NO2/c1-2-3-4-5-6-7-8-9-10-11-13-21-15-17-22(18-16-21)24(27)25-19-12-14-23(25)20-26/h15-18,23,26H,2-14,19-20H2,1H3/t23-/m1/s1. The van der Waals surface area contributed by atoms with E-state index in [1.807, 2.05) is 17.0 Å². The van der Waals surface area contributed by atoms with E-state index >= 15 is 0 Å². The third kappa shape index (κ3) is 7.65. The molecule has 3 nitrogen and oxygen atoms in total. The molecule has 1 fully saturated rings. The van der Waals surface area contributed by atoms with Crippen LogP contribution in [-0.2, 0) is 6.42 Å². The van der Waals surface area contributed by atoms with Gasteiger partial charge < -0.3 is 10.0 Å².